The monoisotopic (exact) mass is 464 g/mol. The second kappa shape index (κ2) is 10.6. The smallest absolute Gasteiger partial charge is 0.221 e. The van der Waals surface area contributed by atoms with E-state index in [1.54, 1.807) is 19.2 Å². The molecule has 0 saturated carbocycles. The topological polar surface area (TPSA) is 43.3 Å². The van der Waals surface area contributed by atoms with Crippen LogP contribution in [0.25, 0.3) is 10.9 Å². The van der Waals surface area contributed by atoms with Gasteiger partial charge in [-0.15, -0.1) is 0 Å². The minimum Gasteiger partial charge on any atom is -0.383 e. The highest BCUT2D eigenvalue weighted by molar-refractivity contribution is 6.30. The average Bonchev–Trinajstić information content (AvgIpc) is 3.17. The number of carbonyl (C=O) groups excluding carboxylic acids is 1. The fourth-order valence-electron chi connectivity index (χ4n) is 4.15. The highest BCUT2D eigenvalue weighted by atomic mass is 35.5. The summed E-state index contributed by atoms with van der Waals surface area (Å²) in [5, 5.41) is 4.64. The van der Waals surface area contributed by atoms with Gasteiger partial charge >= 0.3 is 0 Å². The van der Waals surface area contributed by atoms with Gasteiger partial charge in [-0.05, 0) is 47.0 Å². The molecule has 0 fully saturated rings. The Labute approximate surface area is 197 Å². The van der Waals surface area contributed by atoms with Crippen molar-refractivity contribution < 1.29 is 13.9 Å². The van der Waals surface area contributed by atoms with Crippen LogP contribution in [-0.2, 0) is 16.1 Å². The van der Waals surface area contributed by atoms with Gasteiger partial charge in [0.15, 0.2) is 0 Å². The highest BCUT2D eigenvalue weighted by Crippen LogP contribution is 2.36. The Hall–Kier alpha value is -3.15. The number of nitrogens with zero attached hydrogens (tertiary/aromatic N) is 1. The number of hydrogen-bond acceptors (Lipinski definition) is 2. The average molecular weight is 465 g/mol. The van der Waals surface area contributed by atoms with Crippen molar-refractivity contribution in [1.29, 1.82) is 0 Å². The Morgan fingerprint density at radius 3 is 2.64 bits per heavy atom. The van der Waals surface area contributed by atoms with E-state index in [2.05, 4.69) is 28.2 Å². The fourth-order valence-corrected chi connectivity index (χ4v) is 4.35. The highest BCUT2D eigenvalue weighted by Gasteiger charge is 2.23. The molecule has 0 radical (unpaired) electrons. The van der Waals surface area contributed by atoms with E-state index in [1.165, 1.54) is 12.1 Å². The first-order valence-corrected chi connectivity index (χ1v) is 11.3. The number of ether oxygens (including phenoxy) is 1. The van der Waals surface area contributed by atoms with Crippen LogP contribution in [0.5, 0.6) is 0 Å². The summed E-state index contributed by atoms with van der Waals surface area (Å²) in [5.74, 6) is -0.477. The molecule has 4 aromatic rings. The van der Waals surface area contributed by atoms with Crippen molar-refractivity contribution in [3.05, 3.63) is 107 Å². The largest absolute Gasteiger partial charge is 0.383 e. The van der Waals surface area contributed by atoms with Crippen LogP contribution in [0.2, 0.25) is 5.02 Å². The Bertz CT molecular complexity index is 1240. The number of para-hydroxylation sites is 1. The van der Waals surface area contributed by atoms with Crippen LogP contribution < -0.4 is 5.32 Å². The van der Waals surface area contributed by atoms with Gasteiger partial charge in [-0.2, -0.15) is 0 Å². The first-order valence-electron chi connectivity index (χ1n) is 10.9. The molecule has 1 amide bonds. The second-order valence-electron chi connectivity index (χ2n) is 8.01. The van der Waals surface area contributed by atoms with Crippen molar-refractivity contribution in [2.75, 3.05) is 20.3 Å². The van der Waals surface area contributed by atoms with E-state index >= 15 is 0 Å². The number of aromatic nitrogens is 1. The fraction of sp³-hybridized carbons (Fsp3) is 0.222. The van der Waals surface area contributed by atoms with Crippen molar-refractivity contribution in [3.8, 4) is 0 Å². The number of rotatable bonds is 9. The van der Waals surface area contributed by atoms with E-state index in [-0.39, 0.29) is 24.1 Å². The SMILES string of the molecule is COCCNC(=O)CC(c1cccc(Cl)c1)c1cn(Cc2ccc(F)cc2)c2ccccc12. The van der Waals surface area contributed by atoms with E-state index in [1.807, 2.05) is 36.4 Å². The third kappa shape index (κ3) is 5.62. The quantitative estimate of drug-likeness (QED) is 0.320. The van der Waals surface area contributed by atoms with Crippen LogP contribution in [0.15, 0.2) is 79.0 Å². The van der Waals surface area contributed by atoms with Crippen molar-refractivity contribution in [2.45, 2.75) is 18.9 Å². The van der Waals surface area contributed by atoms with Gasteiger partial charge in [0.2, 0.25) is 5.91 Å². The Morgan fingerprint density at radius 2 is 1.88 bits per heavy atom. The number of amides is 1. The molecule has 6 heteroatoms. The molecule has 0 bridgehead atoms. The predicted octanol–water partition coefficient (Wildman–Crippen LogP) is 5.77. The van der Waals surface area contributed by atoms with Gasteiger partial charge in [0.25, 0.3) is 0 Å². The summed E-state index contributed by atoms with van der Waals surface area (Å²) in [5.41, 5.74) is 4.09. The number of methoxy groups -OCH3 is 1. The van der Waals surface area contributed by atoms with Crippen molar-refractivity contribution in [3.63, 3.8) is 0 Å². The summed E-state index contributed by atoms with van der Waals surface area (Å²) < 4.78 is 20.6. The van der Waals surface area contributed by atoms with Gasteiger partial charge in [-0.25, -0.2) is 4.39 Å². The van der Waals surface area contributed by atoms with E-state index in [9.17, 15) is 9.18 Å². The van der Waals surface area contributed by atoms with Gasteiger partial charge in [0, 0.05) is 54.7 Å². The maximum Gasteiger partial charge on any atom is 0.221 e. The van der Waals surface area contributed by atoms with E-state index in [0.717, 1.165) is 27.6 Å². The lowest BCUT2D eigenvalue weighted by Crippen LogP contribution is -2.28. The van der Waals surface area contributed by atoms with Gasteiger partial charge in [-0.3, -0.25) is 4.79 Å². The third-order valence-electron chi connectivity index (χ3n) is 5.73. The van der Waals surface area contributed by atoms with Crippen LogP contribution in [0.4, 0.5) is 4.39 Å². The third-order valence-corrected chi connectivity index (χ3v) is 5.97. The maximum absolute atomic E-state index is 13.4. The Kier molecular flexibility index (Phi) is 7.43. The Balaban J connectivity index is 1.74. The van der Waals surface area contributed by atoms with Gasteiger partial charge in [0.1, 0.15) is 5.82 Å². The molecule has 1 N–H and O–H groups in total. The predicted molar refractivity (Wildman–Crippen MR) is 130 cm³/mol. The van der Waals surface area contributed by atoms with Crippen molar-refractivity contribution in [1.82, 2.24) is 9.88 Å². The van der Waals surface area contributed by atoms with Crippen LogP contribution in [0, 0.1) is 5.82 Å². The normalized spacial score (nSPS) is 12.1. The van der Waals surface area contributed by atoms with Gasteiger partial charge in [0.05, 0.1) is 6.61 Å². The summed E-state index contributed by atoms with van der Waals surface area (Å²) in [7, 11) is 1.61. The molecule has 4 nitrogen and oxygen atoms in total. The minimum absolute atomic E-state index is 0.0487. The molecule has 4 rings (SSSR count). The van der Waals surface area contributed by atoms with E-state index in [4.69, 9.17) is 16.3 Å². The summed E-state index contributed by atoms with van der Waals surface area (Å²) in [6.45, 7) is 1.53. The first-order chi connectivity index (χ1) is 16.0. The van der Waals surface area contributed by atoms with E-state index in [0.29, 0.717) is 24.7 Å². The molecule has 0 saturated heterocycles. The lowest BCUT2D eigenvalue weighted by Gasteiger charge is -2.17. The molecule has 3 aromatic carbocycles. The molecule has 170 valence electrons. The molecule has 0 spiro atoms. The number of hydrogen-bond donors (Lipinski definition) is 1. The van der Waals surface area contributed by atoms with Crippen LogP contribution in [-0.4, -0.2) is 30.7 Å². The molecule has 0 aliphatic rings. The molecule has 1 atom stereocenters. The molecule has 1 aromatic heterocycles. The van der Waals surface area contributed by atoms with Crippen LogP contribution >= 0.6 is 11.6 Å². The number of carbonyl (C=O) groups is 1. The van der Waals surface area contributed by atoms with E-state index < -0.39 is 0 Å². The molecule has 1 unspecified atom stereocenters. The number of halogens is 2. The second-order valence-corrected chi connectivity index (χ2v) is 8.45. The summed E-state index contributed by atoms with van der Waals surface area (Å²) >= 11 is 6.31. The van der Waals surface area contributed by atoms with Gasteiger partial charge < -0.3 is 14.6 Å². The zero-order valence-corrected chi connectivity index (χ0v) is 19.2. The Morgan fingerprint density at radius 1 is 1.09 bits per heavy atom. The molecular weight excluding hydrogens is 439 g/mol. The standard InChI is InChI=1S/C27H26ClFN2O2/c1-33-14-13-30-27(32)16-24(20-5-4-6-21(28)15-20)25-18-31(26-8-3-2-7-23(25)26)17-19-9-11-22(29)12-10-19/h2-12,15,18,24H,13-14,16-17H2,1H3,(H,30,32). The molecular formula is C27H26ClFN2O2. The van der Waals surface area contributed by atoms with Crippen molar-refractivity contribution >= 4 is 28.4 Å². The van der Waals surface area contributed by atoms with Crippen LogP contribution in [0.3, 0.4) is 0 Å². The zero-order valence-electron chi connectivity index (χ0n) is 18.4. The van der Waals surface area contributed by atoms with Crippen LogP contribution in [0.1, 0.15) is 29.0 Å². The summed E-state index contributed by atoms with van der Waals surface area (Å²) in [6, 6.07) is 22.3. The maximum atomic E-state index is 13.4. The summed E-state index contributed by atoms with van der Waals surface area (Å²) in [6.07, 6.45) is 2.39. The lowest BCUT2D eigenvalue weighted by molar-refractivity contribution is -0.121. The first kappa shape index (κ1) is 23.0. The number of fused-ring (bicyclic) bond motifs is 1. The number of benzene rings is 3. The minimum atomic E-state index is -0.252. The molecule has 1 heterocycles. The van der Waals surface area contributed by atoms with Crippen molar-refractivity contribution in [2.24, 2.45) is 0 Å². The molecule has 0 aliphatic heterocycles. The molecule has 33 heavy (non-hydrogen) atoms. The zero-order chi connectivity index (χ0) is 23.2. The molecule has 0 aliphatic carbocycles. The van der Waals surface area contributed by atoms with Gasteiger partial charge in [-0.1, -0.05) is 54.1 Å². The summed E-state index contributed by atoms with van der Waals surface area (Å²) in [4.78, 5) is 12.8. The number of nitrogens with one attached hydrogen (secondary N) is 1. The lowest BCUT2D eigenvalue weighted by atomic mass is 9.88.